The van der Waals surface area contributed by atoms with Gasteiger partial charge in [-0.3, -0.25) is 9.48 Å². The van der Waals surface area contributed by atoms with Crippen molar-refractivity contribution in [2.45, 2.75) is 64.8 Å². The van der Waals surface area contributed by atoms with Crippen LogP contribution in [0.4, 0.5) is 0 Å². The van der Waals surface area contributed by atoms with E-state index in [0.29, 0.717) is 24.0 Å². The third-order valence-corrected chi connectivity index (χ3v) is 4.89. The third-order valence-electron chi connectivity index (χ3n) is 4.89. The molecule has 0 aliphatic heterocycles. The summed E-state index contributed by atoms with van der Waals surface area (Å²) in [5.41, 5.74) is 2.83. The normalized spacial score (nSPS) is 18.5. The lowest BCUT2D eigenvalue weighted by Crippen LogP contribution is -2.17. The van der Waals surface area contributed by atoms with E-state index in [1.807, 2.05) is 11.6 Å². The molecule has 2 aliphatic rings. The molecule has 0 bridgehead atoms. The number of carbonyl (C=O) groups excluding carboxylic acids is 2. The second-order valence-corrected chi connectivity index (χ2v) is 6.34. The summed E-state index contributed by atoms with van der Waals surface area (Å²) in [7, 11) is 0. The van der Waals surface area contributed by atoms with Gasteiger partial charge in [-0.15, -0.1) is 0 Å². The van der Waals surface area contributed by atoms with Gasteiger partial charge in [-0.05, 0) is 51.4 Å². The summed E-state index contributed by atoms with van der Waals surface area (Å²) in [4.78, 5) is 23.3. The summed E-state index contributed by atoms with van der Waals surface area (Å²) in [6.07, 6.45) is 7.56. The Morgan fingerprint density at radius 2 is 2.05 bits per heavy atom. The Bertz CT molecular complexity index is 567. The molecule has 0 amide bonds. The Balaban J connectivity index is 1.67. The molecule has 22 heavy (non-hydrogen) atoms. The molecule has 0 unspecified atom stereocenters. The highest BCUT2D eigenvalue weighted by molar-refractivity contribution is 5.89. The fraction of sp³-hybridized carbons (Fsp3) is 0.706. The van der Waals surface area contributed by atoms with Crippen LogP contribution in [0.25, 0.3) is 0 Å². The number of Topliss-reactive ketones (excluding diaryl/α,β-unsaturated/α-hetero) is 1. The highest BCUT2D eigenvalue weighted by atomic mass is 16.5. The summed E-state index contributed by atoms with van der Waals surface area (Å²) in [5.74, 6) is 0.730. The van der Waals surface area contributed by atoms with Gasteiger partial charge in [-0.2, -0.15) is 5.10 Å². The molecule has 0 radical (unpaired) electrons. The van der Waals surface area contributed by atoms with Crippen LogP contribution in [-0.2, 0) is 28.9 Å². The monoisotopic (exact) mass is 304 g/mol. The molecular formula is C17H24N2O3. The minimum atomic E-state index is -0.289. The Morgan fingerprint density at radius 3 is 2.77 bits per heavy atom. The zero-order valence-corrected chi connectivity index (χ0v) is 13.3. The van der Waals surface area contributed by atoms with E-state index in [4.69, 9.17) is 4.74 Å². The Kier molecular flexibility index (Phi) is 4.60. The molecule has 0 aromatic carbocycles. The summed E-state index contributed by atoms with van der Waals surface area (Å²) in [6, 6.07) is 0. The van der Waals surface area contributed by atoms with E-state index in [-0.39, 0.29) is 5.97 Å². The Hall–Kier alpha value is -1.65. The minimum Gasteiger partial charge on any atom is -0.461 e. The topological polar surface area (TPSA) is 61.2 Å². The van der Waals surface area contributed by atoms with Gasteiger partial charge in [0.2, 0.25) is 0 Å². The number of aryl methyl sites for hydroxylation is 1. The third kappa shape index (κ3) is 3.08. The first-order valence-electron chi connectivity index (χ1n) is 8.46. The molecule has 3 rings (SSSR count). The van der Waals surface area contributed by atoms with Crippen molar-refractivity contribution in [3.8, 4) is 0 Å². The van der Waals surface area contributed by atoms with E-state index in [0.717, 1.165) is 63.5 Å². The lowest BCUT2D eigenvalue weighted by atomic mass is 9.86. The van der Waals surface area contributed by atoms with Crippen LogP contribution in [0.15, 0.2) is 0 Å². The molecule has 1 heterocycles. The zero-order valence-electron chi connectivity index (χ0n) is 13.3. The van der Waals surface area contributed by atoms with Gasteiger partial charge in [-0.1, -0.05) is 0 Å². The van der Waals surface area contributed by atoms with Crippen LogP contribution in [0, 0.1) is 5.92 Å². The quantitative estimate of drug-likeness (QED) is 0.785. The standard InChI is InChI=1S/C17H24N2O3/c1-2-22-17(21)16-14-4-3-5-15(14)19(18-16)11-10-12-6-8-13(20)9-7-12/h12H,2-11H2,1H3. The Labute approximate surface area is 131 Å². The molecule has 0 saturated heterocycles. The Morgan fingerprint density at radius 1 is 1.27 bits per heavy atom. The molecule has 1 aromatic rings. The van der Waals surface area contributed by atoms with Crippen LogP contribution >= 0.6 is 0 Å². The number of rotatable bonds is 5. The summed E-state index contributed by atoms with van der Waals surface area (Å²) in [5, 5.41) is 4.52. The summed E-state index contributed by atoms with van der Waals surface area (Å²) < 4.78 is 7.14. The molecule has 120 valence electrons. The molecule has 0 spiro atoms. The number of ketones is 1. The summed E-state index contributed by atoms with van der Waals surface area (Å²) in [6.45, 7) is 3.05. The van der Waals surface area contributed by atoms with Crippen LogP contribution in [0.1, 0.15) is 67.2 Å². The van der Waals surface area contributed by atoms with Crippen molar-refractivity contribution in [1.82, 2.24) is 9.78 Å². The average molecular weight is 304 g/mol. The van der Waals surface area contributed by atoms with Crippen molar-refractivity contribution in [2.75, 3.05) is 6.61 Å². The van der Waals surface area contributed by atoms with Crippen molar-refractivity contribution in [2.24, 2.45) is 5.92 Å². The predicted octanol–water partition coefficient (Wildman–Crippen LogP) is 2.70. The number of esters is 1. The van der Waals surface area contributed by atoms with Gasteiger partial charge >= 0.3 is 5.97 Å². The van der Waals surface area contributed by atoms with Gasteiger partial charge in [0, 0.05) is 30.6 Å². The van der Waals surface area contributed by atoms with Crippen molar-refractivity contribution in [3.63, 3.8) is 0 Å². The second kappa shape index (κ2) is 6.63. The zero-order chi connectivity index (χ0) is 15.5. The van der Waals surface area contributed by atoms with Crippen LogP contribution in [0.5, 0.6) is 0 Å². The fourth-order valence-corrected chi connectivity index (χ4v) is 3.65. The number of ether oxygens (including phenoxy) is 1. The largest absolute Gasteiger partial charge is 0.461 e. The molecule has 2 aliphatic carbocycles. The first-order valence-corrected chi connectivity index (χ1v) is 8.46. The van der Waals surface area contributed by atoms with Gasteiger partial charge in [0.15, 0.2) is 5.69 Å². The van der Waals surface area contributed by atoms with Crippen LogP contribution in [-0.4, -0.2) is 28.1 Å². The lowest BCUT2D eigenvalue weighted by Gasteiger charge is -2.20. The maximum absolute atomic E-state index is 12.0. The van der Waals surface area contributed by atoms with Crippen molar-refractivity contribution < 1.29 is 14.3 Å². The number of hydrogen-bond donors (Lipinski definition) is 0. The van der Waals surface area contributed by atoms with Gasteiger partial charge in [0.25, 0.3) is 0 Å². The SMILES string of the molecule is CCOC(=O)c1nn(CCC2CCC(=O)CC2)c2c1CCC2. The van der Waals surface area contributed by atoms with E-state index in [9.17, 15) is 9.59 Å². The van der Waals surface area contributed by atoms with E-state index in [2.05, 4.69) is 5.10 Å². The molecule has 1 fully saturated rings. The highest BCUT2D eigenvalue weighted by Crippen LogP contribution is 2.28. The smallest absolute Gasteiger partial charge is 0.359 e. The first-order chi connectivity index (χ1) is 10.7. The van der Waals surface area contributed by atoms with E-state index >= 15 is 0 Å². The average Bonchev–Trinajstić information content (AvgIpc) is 3.09. The number of fused-ring (bicyclic) bond motifs is 1. The van der Waals surface area contributed by atoms with Crippen molar-refractivity contribution in [1.29, 1.82) is 0 Å². The molecule has 5 nitrogen and oxygen atoms in total. The predicted molar refractivity (Wildman–Crippen MR) is 81.8 cm³/mol. The molecule has 0 atom stereocenters. The molecule has 1 aromatic heterocycles. The summed E-state index contributed by atoms with van der Waals surface area (Å²) >= 11 is 0. The molecular weight excluding hydrogens is 280 g/mol. The van der Waals surface area contributed by atoms with E-state index < -0.39 is 0 Å². The number of aromatic nitrogens is 2. The van der Waals surface area contributed by atoms with Crippen molar-refractivity contribution in [3.05, 3.63) is 17.0 Å². The van der Waals surface area contributed by atoms with Gasteiger partial charge in [-0.25, -0.2) is 4.79 Å². The maximum Gasteiger partial charge on any atom is 0.359 e. The van der Waals surface area contributed by atoms with E-state index in [1.54, 1.807) is 0 Å². The lowest BCUT2D eigenvalue weighted by molar-refractivity contribution is -0.121. The highest BCUT2D eigenvalue weighted by Gasteiger charge is 2.27. The van der Waals surface area contributed by atoms with Crippen LogP contribution < -0.4 is 0 Å². The number of nitrogens with zero attached hydrogens (tertiary/aromatic N) is 2. The van der Waals surface area contributed by atoms with E-state index in [1.165, 1.54) is 5.69 Å². The molecule has 5 heteroatoms. The first kappa shape index (κ1) is 15.3. The minimum absolute atomic E-state index is 0.289. The second-order valence-electron chi connectivity index (χ2n) is 6.34. The molecule has 1 saturated carbocycles. The van der Waals surface area contributed by atoms with Crippen LogP contribution in [0.2, 0.25) is 0 Å². The van der Waals surface area contributed by atoms with Gasteiger partial charge in [0.1, 0.15) is 5.78 Å². The maximum atomic E-state index is 12.0. The number of carbonyl (C=O) groups is 2. The van der Waals surface area contributed by atoms with Crippen LogP contribution in [0.3, 0.4) is 0 Å². The van der Waals surface area contributed by atoms with Gasteiger partial charge in [0.05, 0.1) is 6.61 Å². The van der Waals surface area contributed by atoms with Gasteiger partial charge < -0.3 is 4.74 Å². The molecule has 0 N–H and O–H groups in total. The number of hydrogen-bond acceptors (Lipinski definition) is 4. The van der Waals surface area contributed by atoms with Crippen molar-refractivity contribution >= 4 is 11.8 Å². The fourth-order valence-electron chi connectivity index (χ4n) is 3.65.